The Morgan fingerprint density at radius 2 is 1.82 bits per heavy atom. The molecule has 7 nitrogen and oxygen atoms in total. The highest BCUT2D eigenvalue weighted by molar-refractivity contribution is 5.72. The summed E-state index contributed by atoms with van der Waals surface area (Å²) < 4.78 is 49.4. The van der Waals surface area contributed by atoms with Gasteiger partial charge in [0.25, 0.3) is 11.2 Å². The number of hydrogen-bond acceptors (Lipinski definition) is 4. The lowest BCUT2D eigenvalue weighted by atomic mass is 10.0. The van der Waals surface area contributed by atoms with Crippen LogP contribution in [0.2, 0.25) is 0 Å². The Morgan fingerprint density at radius 3 is 2.49 bits per heavy atom. The molecule has 10 heteroatoms. The summed E-state index contributed by atoms with van der Waals surface area (Å²) in [4.78, 5) is 28.1. The van der Waals surface area contributed by atoms with Gasteiger partial charge in [0.1, 0.15) is 6.54 Å². The van der Waals surface area contributed by atoms with Crippen molar-refractivity contribution < 1.29 is 22.7 Å². The Balaban J connectivity index is 1.86. The quantitative estimate of drug-likeness (QED) is 0.210. The van der Waals surface area contributed by atoms with E-state index in [-0.39, 0.29) is 25.4 Å². The van der Waals surface area contributed by atoms with Gasteiger partial charge < -0.3 is 9.30 Å². The molecule has 0 radical (unpaired) electrons. The van der Waals surface area contributed by atoms with Crippen molar-refractivity contribution in [1.29, 1.82) is 0 Å². The number of carbonyl (C=O) groups is 1. The largest absolute Gasteiger partial charge is 0.465 e. The smallest absolute Gasteiger partial charge is 0.407 e. The van der Waals surface area contributed by atoms with E-state index in [4.69, 9.17) is 11.3 Å². The zero-order valence-electron chi connectivity index (χ0n) is 21.5. The van der Waals surface area contributed by atoms with Crippen molar-refractivity contribution in [1.82, 2.24) is 14.3 Å². The second kappa shape index (κ2) is 11.0. The molecule has 2 heterocycles. The van der Waals surface area contributed by atoms with Crippen LogP contribution in [0, 0.1) is 20.4 Å². The van der Waals surface area contributed by atoms with Gasteiger partial charge in [0, 0.05) is 17.5 Å². The van der Waals surface area contributed by atoms with Crippen molar-refractivity contribution in [3.8, 4) is 22.5 Å². The van der Waals surface area contributed by atoms with Gasteiger partial charge in [-0.25, -0.2) is 4.85 Å². The molecule has 0 amide bonds. The van der Waals surface area contributed by atoms with Crippen LogP contribution in [0.4, 0.5) is 18.9 Å². The molecule has 0 aliphatic rings. The van der Waals surface area contributed by atoms with Crippen molar-refractivity contribution in [3.05, 3.63) is 105 Å². The average molecular weight is 535 g/mol. The number of pyridine rings is 1. The minimum Gasteiger partial charge on any atom is -0.465 e. The summed E-state index contributed by atoms with van der Waals surface area (Å²) in [5.74, 6) is -0.448. The number of benzene rings is 2. The molecule has 4 aromatic rings. The molecule has 0 N–H and O–H groups in total. The van der Waals surface area contributed by atoms with Crippen molar-refractivity contribution in [2.45, 2.75) is 40.0 Å². The number of alkyl halides is 3. The van der Waals surface area contributed by atoms with Gasteiger partial charge in [0.15, 0.2) is 0 Å². The van der Waals surface area contributed by atoms with E-state index in [0.29, 0.717) is 16.8 Å². The van der Waals surface area contributed by atoms with Gasteiger partial charge in [-0.15, -0.1) is 0 Å². The van der Waals surface area contributed by atoms with Crippen molar-refractivity contribution >= 4 is 11.7 Å². The topological polar surface area (TPSA) is 70.5 Å². The number of carbonyl (C=O) groups excluding carboxylic acids is 1. The summed E-state index contributed by atoms with van der Waals surface area (Å²) in [6, 6.07) is 14.7. The third-order valence-corrected chi connectivity index (χ3v) is 6.21. The lowest BCUT2D eigenvalue weighted by Crippen LogP contribution is -2.25. The predicted molar refractivity (Wildman–Crippen MR) is 140 cm³/mol. The number of aromatic nitrogens is 3. The molecule has 0 bridgehead atoms. The number of aryl methyl sites for hydroxylation is 2. The standard InChI is InChI=1S/C29H25F3N4O3/c1-5-39-26(37)17-35-12-11-24(34-35)20-7-6-8-21(14-20)25-15-23(29(30,31)32)27(33-4)28(38)36(25)16-22-10-9-18(2)13-19(22)3/h6-15H,5,16-17H2,1-3H3. The Hall–Kier alpha value is -4.65. The Kier molecular flexibility index (Phi) is 7.72. The lowest BCUT2D eigenvalue weighted by Gasteiger charge is -2.19. The van der Waals surface area contributed by atoms with Gasteiger partial charge >= 0.3 is 12.1 Å². The minimum absolute atomic E-state index is 0.0146. The molecule has 0 fully saturated rings. The van der Waals surface area contributed by atoms with Crippen molar-refractivity contribution in [2.75, 3.05) is 6.61 Å². The number of hydrogen-bond donors (Lipinski definition) is 0. The monoisotopic (exact) mass is 534 g/mol. The molecule has 0 aliphatic heterocycles. The van der Waals surface area contributed by atoms with Crippen LogP contribution >= 0.6 is 0 Å². The van der Waals surface area contributed by atoms with Crippen LogP contribution < -0.4 is 5.56 Å². The highest BCUT2D eigenvalue weighted by Gasteiger charge is 2.36. The van der Waals surface area contributed by atoms with Crippen LogP contribution in [0.5, 0.6) is 0 Å². The van der Waals surface area contributed by atoms with E-state index in [1.165, 1.54) is 9.25 Å². The first kappa shape index (κ1) is 27.4. The molecular weight excluding hydrogens is 509 g/mol. The minimum atomic E-state index is -4.89. The zero-order chi connectivity index (χ0) is 28.3. The molecule has 0 saturated carbocycles. The van der Waals surface area contributed by atoms with E-state index in [1.807, 2.05) is 32.0 Å². The zero-order valence-corrected chi connectivity index (χ0v) is 21.5. The van der Waals surface area contributed by atoms with Crippen LogP contribution in [0.25, 0.3) is 27.4 Å². The second-order valence-electron chi connectivity index (χ2n) is 9.01. The molecule has 0 atom stereocenters. The molecule has 2 aromatic carbocycles. The predicted octanol–water partition coefficient (Wildman–Crippen LogP) is 6.18. The van der Waals surface area contributed by atoms with Crippen molar-refractivity contribution in [2.24, 2.45) is 0 Å². The summed E-state index contributed by atoms with van der Waals surface area (Å²) >= 11 is 0. The van der Waals surface area contributed by atoms with Crippen LogP contribution in [0.15, 0.2) is 65.6 Å². The molecular formula is C29H25F3N4O3. The fourth-order valence-corrected chi connectivity index (χ4v) is 4.33. The number of halogens is 3. The molecule has 200 valence electrons. The molecule has 4 rings (SSSR count). The van der Waals surface area contributed by atoms with Crippen molar-refractivity contribution in [3.63, 3.8) is 0 Å². The van der Waals surface area contributed by atoms with E-state index in [0.717, 1.165) is 22.8 Å². The summed E-state index contributed by atoms with van der Waals surface area (Å²) in [5, 5.41) is 4.38. The number of ether oxygens (including phenoxy) is 1. The average Bonchev–Trinajstić information content (AvgIpc) is 3.34. The molecule has 0 spiro atoms. The number of rotatable bonds is 7. The number of esters is 1. The van der Waals surface area contributed by atoms with Gasteiger partial charge in [-0.1, -0.05) is 42.0 Å². The summed E-state index contributed by atoms with van der Waals surface area (Å²) in [6.45, 7) is 12.9. The maximum atomic E-state index is 13.9. The van der Waals surface area contributed by atoms with E-state index in [1.54, 1.807) is 43.5 Å². The van der Waals surface area contributed by atoms with E-state index in [9.17, 15) is 22.8 Å². The Morgan fingerprint density at radius 1 is 1.08 bits per heavy atom. The Bertz CT molecular complexity index is 1640. The van der Waals surface area contributed by atoms with Crippen LogP contribution in [0.1, 0.15) is 29.2 Å². The summed E-state index contributed by atoms with van der Waals surface area (Å²) in [7, 11) is 0. The molecule has 0 saturated heterocycles. The molecule has 0 unspecified atom stereocenters. The van der Waals surface area contributed by atoms with E-state index < -0.39 is 29.0 Å². The van der Waals surface area contributed by atoms with Crippen LogP contribution in [0.3, 0.4) is 0 Å². The van der Waals surface area contributed by atoms with Crippen LogP contribution in [-0.2, 0) is 28.8 Å². The van der Waals surface area contributed by atoms with Gasteiger partial charge in [0.05, 0.1) is 31.0 Å². The van der Waals surface area contributed by atoms with Gasteiger partial charge in [0.2, 0.25) is 0 Å². The van der Waals surface area contributed by atoms with E-state index in [2.05, 4.69) is 9.94 Å². The normalized spacial score (nSPS) is 11.3. The molecule has 0 aliphatic carbocycles. The van der Waals surface area contributed by atoms with E-state index >= 15 is 0 Å². The highest BCUT2D eigenvalue weighted by atomic mass is 19.4. The first-order valence-electron chi connectivity index (χ1n) is 12.1. The maximum absolute atomic E-state index is 13.9. The fraction of sp³-hybridized carbons (Fsp3) is 0.241. The SMILES string of the molecule is [C-]#[N+]c1c(C(F)(F)F)cc(-c2cccc(-c3ccn(CC(=O)OCC)n3)c2)n(Cc2ccc(C)cc2C)c1=O. The third-order valence-electron chi connectivity index (χ3n) is 6.21. The van der Waals surface area contributed by atoms with Crippen LogP contribution in [-0.4, -0.2) is 26.9 Å². The van der Waals surface area contributed by atoms with Gasteiger partial charge in [-0.2, -0.15) is 18.3 Å². The number of nitrogens with zero attached hydrogens (tertiary/aromatic N) is 4. The summed E-state index contributed by atoms with van der Waals surface area (Å²) in [6.07, 6.45) is -3.29. The highest BCUT2D eigenvalue weighted by Crippen LogP contribution is 2.38. The fourth-order valence-electron chi connectivity index (χ4n) is 4.33. The maximum Gasteiger partial charge on any atom is 0.407 e. The second-order valence-corrected chi connectivity index (χ2v) is 9.01. The first-order valence-corrected chi connectivity index (χ1v) is 12.1. The Labute approximate surface area is 222 Å². The van der Waals surface area contributed by atoms with Gasteiger partial charge in [-0.05, 0) is 55.7 Å². The third kappa shape index (κ3) is 5.93. The van der Waals surface area contributed by atoms with Gasteiger partial charge in [-0.3, -0.25) is 14.3 Å². The summed E-state index contributed by atoms with van der Waals surface area (Å²) in [5.41, 5.74) is 0.785. The molecule has 39 heavy (non-hydrogen) atoms. The molecule has 2 aromatic heterocycles. The lowest BCUT2D eigenvalue weighted by molar-refractivity contribution is -0.144. The first-order chi connectivity index (χ1) is 18.5.